The molecule has 0 spiro atoms. The summed E-state index contributed by atoms with van der Waals surface area (Å²) in [7, 11) is -3.68. The standard InChI is InChI=1S/C25H28N2O4S/c1-3-4-20-7-13-23(14-8-20)31-18-17-26-25(28)21-9-11-22(12-10-21)27-32(29,30)24-15-5-19(2)6-16-24/h5-16,27H,3-4,17-18H2,1-2H3,(H,26,28). The van der Waals surface area contributed by atoms with Crippen molar-refractivity contribution in [3.8, 4) is 5.75 Å². The molecule has 0 bridgehead atoms. The van der Waals surface area contributed by atoms with Crippen molar-refractivity contribution in [3.63, 3.8) is 0 Å². The van der Waals surface area contributed by atoms with Crippen LogP contribution in [0.1, 0.15) is 34.8 Å². The van der Waals surface area contributed by atoms with Gasteiger partial charge in [-0.25, -0.2) is 8.42 Å². The molecule has 0 aromatic heterocycles. The van der Waals surface area contributed by atoms with E-state index in [1.165, 1.54) is 5.56 Å². The van der Waals surface area contributed by atoms with Gasteiger partial charge in [0.1, 0.15) is 12.4 Å². The lowest BCUT2D eigenvalue weighted by Gasteiger charge is -2.10. The number of sulfonamides is 1. The number of anilines is 1. The minimum atomic E-state index is -3.68. The molecule has 1 amide bonds. The van der Waals surface area contributed by atoms with Crippen LogP contribution in [-0.2, 0) is 16.4 Å². The van der Waals surface area contributed by atoms with E-state index in [0.29, 0.717) is 24.4 Å². The van der Waals surface area contributed by atoms with Crippen molar-refractivity contribution in [1.29, 1.82) is 0 Å². The third-order valence-corrected chi connectivity index (χ3v) is 6.25. The second kappa shape index (κ2) is 10.8. The Balaban J connectivity index is 1.47. The van der Waals surface area contributed by atoms with Crippen molar-refractivity contribution >= 4 is 21.6 Å². The molecule has 0 radical (unpaired) electrons. The molecule has 0 unspecified atom stereocenters. The molecule has 2 N–H and O–H groups in total. The zero-order chi connectivity index (χ0) is 23.0. The number of hydrogen-bond donors (Lipinski definition) is 2. The van der Waals surface area contributed by atoms with E-state index in [-0.39, 0.29) is 10.8 Å². The van der Waals surface area contributed by atoms with Crippen LogP contribution in [0, 0.1) is 6.92 Å². The van der Waals surface area contributed by atoms with Crippen LogP contribution in [0.15, 0.2) is 77.7 Å². The molecular weight excluding hydrogens is 424 g/mol. The highest BCUT2D eigenvalue weighted by Gasteiger charge is 2.14. The van der Waals surface area contributed by atoms with Crippen molar-refractivity contribution in [3.05, 3.63) is 89.5 Å². The number of carbonyl (C=O) groups is 1. The molecule has 0 heterocycles. The molecule has 0 saturated heterocycles. The van der Waals surface area contributed by atoms with Crippen LogP contribution >= 0.6 is 0 Å². The van der Waals surface area contributed by atoms with Gasteiger partial charge in [-0.05, 0) is 67.4 Å². The molecule has 0 fully saturated rings. The number of carbonyl (C=O) groups excluding carboxylic acids is 1. The molecule has 7 heteroatoms. The predicted molar refractivity (Wildman–Crippen MR) is 127 cm³/mol. The van der Waals surface area contributed by atoms with Gasteiger partial charge in [0.2, 0.25) is 0 Å². The Morgan fingerprint density at radius 1 is 0.906 bits per heavy atom. The Hall–Kier alpha value is -3.32. The number of hydrogen-bond acceptors (Lipinski definition) is 4. The summed E-state index contributed by atoms with van der Waals surface area (Å²) < 4.78 is 33.1. The van der Waals surface area contributed by atoms with E-state index < -0.39 is 10.0 Å². The fraction of sp³-hybridized carbons (Fsp3) is 0.240. The van der Waals surface area contributed by atoms with E-state index in [1.54, 1.807) is 48.5 Å². The predicted octanol–water partition coefficient (Wildman–Crippen LogP) is 4.56. The van der Waals surface area contributed by atoms with Gasteiger partial charge in [0.15, 0.2) is 0 Å². The number of rotatable bonds is 10. The van der Waals surface area contributed by atoms with Crippen LogP contribution in [0.3, 0.4) is 0 Å². The molecule has 0 aliphatic carbocycles. The van der Waals surface area contributed by atoms with Crippen molar-refractivity contribution < 1.29 is 17.9 Å². The number of aryl methyl sites for hydroxylation is 2. The van der Waals surface area contributed by atoms with Gasteiger partial charge in [-0.3, -0.25) is 9.52 Å². The zero-order valence-corrected chi connectivity index (χ0v) is 19.1. The van der Waals surface area contributed by atoms with Crippen LogP contribution in [0.4, 0.5) is 5.69 Å². The maximum atomic E-state index is 12.5. The summed E-state index contributed by atoms with van der Waals surface area (Å²) in [6.45, 7) is 4.75. The number of amides is 1. The van der Waals surface area contributed by atoms with E-state index in [2.05, 4.69) is 17.0 Å². The quantitative estimate of drug-likeness (QED) is 0.442. The summed E-state index contributed by atoms with van der Waals surface area (Å²) in [5.74, 6) is 0.518. The lowest BCUT2D eigenvalue weighted by Crippen LogP contribution is -2.28. The van der Waals surface area contributed by atoms with Gasteiger partial charge in [0.25, 0.3) is 15.9 Å². The van der Waals surface area contributed by atoms with Crippen LogP contribution < -0.4 is 14.8 Å². The largest absolute Gasteiger partial charge is 0.492 e. The normalized spacial score (nSPS) is 11.1. The van der Waals surface area contributed by atoms with Crippen LogP contribution in [-0.4, -0.2) is 27.5 Å². The Bertz CT molecular complexity index is 1120. The summed E-state index contributed by atoms with van der Waals surface area (Å²) >= 11 is 0. The third kappa shape index (κ3) is 6.59. The average molecular weight is 453 g/mol. The van der Waals surface area contributed by atoms with Crippen molar-refractivity contribution in [2.24, 2.45) is 0 Å². The molecule has 3 aromatic carbocycles. The van der Waals surface area contributed by atoms with Gasteiger partial charge in [-0.15, -0.1) is 0 Å². The summed E-state index contributed by atoms with van der Waals surface area (Å²) in [6, 6.07) is 20.8. The van der Waals surface area contributed by atoms with Gasteiger partial charge in [0.05, 0.1) is 11.4 Å². The minimum Gasteiger partial charge on any atom is -0.492 e. The summed E-state index contributed by atoms with van der Waals surface area (Å²) in [5.41, 5.74) is 3.08. The third-order valence-electron chi connectivity index (χ3n) is 4.85. The molecule has 0 aliphatic rings. The second-order valence-corrected chi connectivity index (χ2v) is 9.18. The van der Waals surface area contributed by atoms with Crippen molar-refractivity contribution in [2.45, 2.75) is 31.6 Å². The SMILES string of the molecule is CCCc1ccc(OCCNC(=O)c2ccc(NS(=O)(=O)c3ccc(C)cc3)cc2)cc1. The van der Waals surface area contributed by atoms with Crippen molar-refractivity contribution in [2.75, 3.05) is 17.9 Å². The molecule has 3 rings (SSSR count). The fourth-order valence-electron chi connectivity index (χ4n) is 3.10. The van der Waals surface area contributed by atoms with Gasteiger partial charge in [0, 0.05) is 11.3 Å². The Morgan fingerprint density at radius 3 is 2.19 bits per heavy atom. The molecular formula is C25H28N2O4S. The Labute approximate surface area is 189 Å². The van der Waals surface area contributed by atoms with Crippen LogP contribution in [0.25, 0.3) is 0 Å². The van der Waals surface area contributed by atoms with Crippen LogP contribution in [0.2, 0.25) is 0 Å². The molecule has 6 nitrogen and oxygen atoms in total. The molecule has 0 aliphatic heterocycles. The zero-order valence-electron chi connectivity index (χ0n) is 18.3. The number of nitrogens with one attached hydrogen (secondary N) is 2. The molecule has 168 valence electrons. The average Bonchev–Trinajstić information content (AvgIpc) is 2.78. The first-order chi connectivity index (χ1) is 15.4. The first-order valence-electron chi connectivity index (χ1n) is 10.6. The topological polar surface area (TPSA) is 84.5 Å². The fourth-order valence-corrected chi connectivity index (χ4v) is 4.16. The minimum absolute atomic E-state index is 0.185. The smallest absolute Gasteiger partial charge is 0.261 e. The molecule has 0 saturated carbocycles. The van der Waals surface area contributed by atoms with E-state index in [9.17, 15) is 13.2 Å². The van der Waals surface area contributed by atoms with Gasteiger partial charge in [-0.1, -0.05) is 43.2 Å². The summed E-state index contributed by atoms with van der Waals surface area (Å²) in [4.78, 5) is 12.5. The Morgan fingerprint density at radius 2 is 1.56 bits per heavy atom. The lowest BCUT2D eigenvalue weighted by atomic mass is 10.1. The summed E-state index contributed by atoms with van der Waals surface area (Å²) in [6.07, 6.45) is 2.15. The molecule has 3 aromatic rings. The van der Waals surface area contributed by atoms with Gasteiger partial charge < -0.3 is 10.1 Å². The molecule has 0 atom stereocenters. The Kier molecular flexibility index (Phi) is 7.89. The molecule has 32 heavy (non-hydrogen) atoms. The number of ether oxygens (including phenoxy) is 1. The van der Waals surface area contributed by atoms with Crippen LogP contribution in [0.5, 0.6) is 5.75 Å². The van der Waals surface area contributed by atoms with E-state index in [0.717, 1.165) is 24.2 Å². The summed E-state index contributed by atoms with van der Waals surface area (Å²) in [5, 5.41) is 2.80. The van der Waals surface area contributed by atoms with E-state index in [1.807, 2.05) is 31.2 Å². The first-order valence-corrected chi connectivity index (χ1v) is 12.0. The monoisotopic (exact) mass is 452 g/mol. The lowest BCUT2D eigenvalue weighted by molar-refractivity contribution is 0.0947. The first kappa shape index (κ1) is 23.3. The van der Waals surface area contributed by atoms with E-state index in [4.69, 9.17) is 4.74 Å². The maximum Gasteiger partial charge on any atom is 0.261 e. The van der Waals surface area contributed by atoms with Crippen molar-refractivity contribution in [1.82, 2.24) is 5.32 Å². The van der Waals surface area contributed by atoms with Gasteiger partial charge in [-0.2, -0.15) is 0 Å². The highest BCUT2D eigenvalue weighted by atomic mass is 32.2. The highest BCUT2D eigenvalue weighted by molar-refractivity contribution is 7.92. The number of benzene rings is 3. The van der Waals surface area contributed by atoms with Gasteiger partial charge >= 0.3 is 0 Å². The highest BCUT2D eigenvalue weighted by Crippen LogP contribution is 2.17. The maximum absolute atomic E-state index is 12.5. The van der Waals surface area contributed by atoms with E-state index >= 15 is 0 Å². The second-order valence-electron chi connectivity index (χ2n) is 7.49.